The summed E-state index contributed by atoms with van der Waals surface area (Å²) in [6, 6.07) is 27.7. The van der Waals surface area contributed by atoms with Gasteiger partial charge in [-0.15, -0.1) is 13.2 Å². The second-order valence-corrected chi connectivity index (χ2v) is 9.02. The van der Waals surface area contributed by atoms with Crippen LogP contribution in [0.1, 0.15) is 10.4 Å². The normalized spacial score (nSPS) is 11.1. The number of alkyl halides is 3. The number of anilines is 1. The number of amides is 1. The number of rotatable bonds is 7. The van der Waals surface area contributed by atoms with Gasteiger partial charge in [-0.2, -0.15) is 0 Å². The fourth-order valence-corrected chi connectivity index (χ4v) is 4.65. The van der Waals surface area contributed by atoms with Gasteiger partial charge in [0.2, 0.25) is 0 Å². The van der Waals surface area contributed by atoms with Crippen LogP contribution in [0.15, 0.2) is 117 Å². The maximum Gasteiger partial charge on any atom is 0.573 e. The molecule has 0 aliphatic carbocycles. The van der Waals surface area contributed by atoms with Crippen LogP contribution in [0.3, 0.4) is 0 Å². The number of aromatic nitrogens is 1. The van der Waals surface area contributed by atoms with Crippen LogP contribution in [0.25, 0.3) is 0 Å². The highest BCUT2D eigenvalue weighted by Gasteiger charge is 2.31. The summed E-state index contributed by atoms with van der Waals surface area (Å²) in [5.41, 5.74) is 0.471. The van der Waals surface area contributed by atoms with Crippen LogP contribution >= 0.6 is 23.5 Å². The predicted octanol–water partition coefficient (Wildman–Crippen LogP) is 7.53. The summed E-state index contributed by atoms with van der Waals surface area (Å²) < 4.78 is 41.5. The van der Waals surface area contributed by atoms with E-state index in [4.69, 9.17) is 4.98 Å². The highest BCUT2D eigenvalue weighted by atomic mass is 32.2. The zero-order chi connectivity index (χ0) is 24.0. The molecule has 9 heteroatoms. The van der Waals surface area contributed by atoms with Gasteiger partial charge in [-0.3, -0.25) is 4.79 Å². The summed E-state index contributed by atoms with van der Waals surface area (Å²) in [4.78, 5) is 19.5. The first-order valence-corrected chi connectivity index (χ1v) is 11.6. The first kappa shape index (κ1) is 23.7. The minimum atomic E-state index is -4.84. The molecule has 0 saturated heterocycles. The second-order valence-electron chi connectivity index (χ2n) is 6.86. The zero-order valence-corrected chi connectivity index (χ0v) is 19.1. The highest BCUT2D eigenvalue weighted by Crippen LogP contribution is 2.36. The molecule has 4 nitrogen and oxygen atoms in total. The van der Waals surface area contributed by atoms with Gasteiger partial charge in [0.25, 0.3) is 5.91 Å². The van der Waals surface area contributed by atoms with Crippen LogP contribution < -0.4 is 10.1 Å². The third kappa shape index (κ3) is 6.79. The molecule has 0 aliphatic rings. The fraction of sp³-hybridized carbons (Fsp3) is 0.0400. The predicted molar refractivity (Wildman–Crippen MR) is 126 cm³/mol. The lowest BCUT2D eigenvalue weighted by Crippen LogP contribution is -2.18. The van der Waals surface area contributed by atoms with Crippen molar-refractivity contribution in [3.63, 3.8) is 0 Å². The molecule has 0 unspecified atom stereocenters. The Balaban J connectivity index is 1.60. The molecule has 34 heavy (non-hydrogen) atoms. The monoisotopic (exact) mass is 498 g/mol. The number of pyridine rings is 1. The molecule has 0 fully saturated rings. The van der Waals surface area contributed by atoms with E-state index in [0.29, 0.717) is 10.7 Å². The average Bonchev–Trinajstić information content (AvgIpc) is 2.81. The van der Waals surface area contributed by atoms with Crippen LogP contribution in [0.2, 0.25) is 0 Å². The Morgan fingerprint density at radius 1 is 0.794 bits per heavy atom. The van der Waals surface area contributed by atoms with E-state index >= 15 is 0 Å². The standard InChI is InChI=1S/C25H17F3N2O2S2/c26-25(27,28)32-18-9-7-8-17(16-18)23(31)29-21-14-15-22(33-19-10-3-1-4-11-19)30-24(21)34-20-12-5-2-6-13-20/h1-16H,(H,29,31). The maximum absolute atomic E-state index is 12.8. The van der Waals surface area contributed by atoms with Crippen molar-refractivity contribution in [1.29, 1.82) is 0 Å². The van der Waals surface area contributed by atoms with E-state index in [9.17, 15) is 18.0 Å². The molecule has 1 N–H and O–H groups in total. The minimum Gasteiger partial charge on any atom is -0.406 e. The zero-order valence-electron chi connectivity index (χ0n) is 17.5. The van der Waals surface area contributed by atoms with Gasteiger partial charge in [0.15, 0.2) is 0 Å². The van der Waals surface area contributed by atoms with Crippen molar-refractivity contribution in [2.24, 2.45) is 0 Å². The van der Waals surface area contributed by atoms with E-state index in [2.05, 4.69) is 10.1 Å². The van der Waals surface area contributed by atoms with Gasteiger partial charge in [-0.1, -0.05) is 66.0 Å². The highest BCUT2D eigenvalue weighted by molar-refractivity contribution is 8.00. The minimum absolute atomic E-state index is 0.0279. The Morgan fingerprint density at radius 2 is 1.44 bits per heavy atom. The Labute approximate surface area is 202 Å². The van der Waals surface area contributed by atoms with E-state index < -0.39 is 18.0 Å². The molecule has 3 aromatic carbocycles. The van der Waals surface area contributed by atoms with Crippen LogP contribution in [0.5, 0.6) is 5.75 Å². The lowest BCUT2D eigenvalue weighted by molar-refractivity contribution is -0.274. The molecule has 0 atom stereocenters. The quantitative estimate of drug-likeness (QED) is 0.285. The van der Waals surface area contributed by atoms with Crippen molar-refractivity contribution >= 4 is 35.1 Å². The smallest absolute Gasteiger partial charge is 0.406 e. The Morgan fingerprint density at radius 3 is 2.09 bits per heavy atom. The van der Waals surface area contributed by atoms with Gasteiger partial charge in [-0.25, -0.2) is 4.98 Å². The molecular weight excluding hydrogens is 481 g/mol. The molecule has 0 radical (unpaired) electrons. The number of hydrogen-bond donors (Lipinski definition) is 1. The number of halogens is 3. The van der Waals surface area contributed by atoms with E-state index in [1.807, 2.05) is 60.7 Å². The summed E-state index contributed by atoms with van der Waals surface area (Å²) in [5.74, 6) is -1.04. The third-order valence-corrected chi connectivity index (χ3v) is 6.29. The van der Waals surface area contributed by atoms with Crippen molar-refractivity contribution in [2.75, 3.05) is 5.32 Å². The molecule has 0 bridgehead atoms. The number of hydrogen-bond acceptors (Lipinski definition) is 5. The first-order valence-electron chi connectivity index (χ1n) is 10.00. The molecule has 0 saturated carbocycles. The summed E-state index contributed by atoms with van der Waals surface area (Å²) in [7, 11) is 0. The SMILES string of the molecule is O=C(Nc1ccc(Sc2ccccc2)nc1Sc1ccccc1)c1cccc(OC(F)(F)F)c1. The molecule has 172 valence electrons. The number of carbonyl (C=O) groups excluding carboxylic acids is 1. The molecule has 4 aromatic rings. The molecule has 0 aliphatic heterocycles. The number of nitrogens with one attached hydrogen (secondary N) is 1. The molecule has 1 heterocycles. The molecule has 1 amide bonds. The number of benzene rings is 3. The van der Waals surface area contributed by atoms with Crippen molar-refractivity contribution in [3.8, 4) is 5.75 Å². The Hall–Kier alpha value is -3.43. The maximum atomic E-state index is 12.8. The lowest BCUT2D eigenvalue weighted by Gasteiger charge is -2.13. The van der Waals surface area contributed by atoms with Gasteiger partial charge in [0.05, 0.1) is 5.69 Å². The van der Waals surface area contributed by atoms with Crippen molar-refractivity contribution in [2.45, 2.75) is 26.2 Å². The molecular formula is C25H17F3N2O2S2. The molecule has 0 spiro atoms. The van der Waals surface area contributed by atoms with Crippen LogP contribution in [-0.2, 0) is 0 Å². The number of carbonyl (C=O) groups is 1. The summed E-state index contributed by atoms with van der Waals surface area (Å²) in [5, 5.41) is 4.06. The fourth-order valence-electron chi connectivity index (χ4n) is 2.89. The van der Waals surface area contributed by atoms with Crippen molar-refractivity contribution < 1.29 is 22.7 Å². The van der Waals surface area contributed by atoms with E-state index in [0.717, 1.165) is 26.9 Å². The van der Waals surface area contributed by atoms with Crippen LogP contribution in [0.4, 0.5) is 18.9 Å². The number of ether oxygens (including phenoxy) is 1. The van der Waals surface area contributed by atoms with E-state index in [1.54, 1.807) is 12.1 Å². The largest absolute Gasteiger partial charge is 0.573 e. The Bertz CT molecular complexity index is 1270. The van der Waals surface area contributed by atoms with Gasteiger partial charge in [0, 0.05) is 15.4 Å². The van der Waals surface area contributed by atoms with Gasteiger partial charge < -0.3 is 10.1 Å². The summed E-state index contributed by atoms with van der Waals surface area (Å²) in [6.45, 7) is 0. The van der Waals surface area contributed by atoms with Gasteiger partial charge >= 0.3 is 6.36 Å². The van der Waals surface area contributed by atoms with Crippen molar-refractivity contribution in [1.82, 2.24) is 4.98 Å². The van der Waals surface area contributed by atoms with Crippen LogP contribution in [-0.4, -0.2) is 17.3 Å². The number of nitrogens with zero attached hydrogens (tertiary/aromatic N) is 1. The first-order chi connectivity index (χ1) is 16.4. The molecule has 4 rings (SSSR count). The summed E-state index contributed by atoms with van der Waals surface area (Å²) >= 11 is 2.86. The van der Waals surface area contributed by atoms with E-state index in [1.165, 1.54) is 35.7 Å². The Kier molecular flexibility index (Phi) is 7.44. The van der Waals surface area contributed by atoms with Gasteiger partial charge in [0.1, 0.15) is 15.8 Å². The summed E-state index contributed by atoms with van der Waals surface area (Å²) in [6.07, 6.45) is -4.84. The average molecular weight is 499 g/mol. The topological polar surface area (TPSA) is 51.2 Å². The van der Waals surface area contributed by atoms with Gasteiger partial charge in [-0.05, 0) is 54.6 Å². The van der Waals surface area contributed by atoms with E-state index in [-0.39, 0.29) is 5.56 Å². The lowest BCUT2D eigenvalue weighted by atomic mass is 10.2. The van der Waals surface area contributed by atoms with Crippen molar-refractivity contribution in [3.05, 3.63) is 103 Å². The second kappa shape index (κ2) is 10.7. The van der Waals surface area contributed by atoms with Crippen LogP contribution in [0, 0.1) is 0 Å². The third-order valence-electron chi connectivity index (χ3n) is 4.34. The molecule has 1 aromatic heterocycles.